The molecule has 1 saturated carbocycles. The number of carbonyl (C=O) groups is 1. The molecule has 1 N–H and O–H groups in total. The van der Waals surface area contributed by atoms with Crippen LogP contribution >= 0.6 is 0 Å². The molecule has 2 fully saturated rings. The highest BCUT2D eigenvalue weighted by Crippen LogP contribution is 2.24. The van der Waals surface area contributed by atoms with E-state index in [-0.39, 0.29) is 17.4 Å². The summed E-state index contributed by atoms with van der Waals surface area (Å²) in [5, 5.41) is 2.65. The number of halogens is 1. The van der Waals surface area contributed by atoms with Crippen LogP contribution in [0.1, 0.15) is 25.7 Å². The van der Waals surface area contributed by atoms with Crippen molar-refractivity contribution in [3.8, 4) is 0 Å². The fourth-order valence-electron chi connectivity index (χ4n) is 3.51. The van der Waals surface area contributed by atoms with Crippen molar-refractivity contribution in [1.29, 1.82) is 0 Å². The van der Waals surface area contributed by atoms with Gasteiger partial charge in [-0.25, -0.2) is 4.39 Å². The molecular weight excluding hydrogens is 281 g/mol. The Balaban J connectivity index is 1.44. The van der Waals surface area contributed by atoms with Gasteiger partial charge in [0.15, 0.2) is 0 Å². The van der Waals surface area contributed by atoms with Gasteiger partial charge in [0.25, 0.3) is 0 Å². The van der Waals surface area contributed by atoms with Crippen molar-refractivity contribution in [2.24, 2.45) is 0 Å². The molecule has 0 unspecified atom stereocenters. The summed E-state index contributed by atoms with van der Waals surface area (Å²) in [7, 11) is 0. The first-order valence-electron chi connectivity index (χ1n) is 8.23. The predicted molar refractivity (Wildman–Crippen MR) is 85.3 cm³/mol. The Hall–Kier alpha value is -1.46. The SMILES string of the molecule is O=C(CN1CCN(C2CCCC2)CC1)Nc1ccccc1F. The van der Waals surface area contributed by atoms with Crippen LogP contribution in [0.2, 0.25) is 0 Å². The first-order chi connectivity index (χ1) is 10.7. The maximum atomic E-state index is 13.5. The normalized spacial score (nSPS) is 21.1. The predicted octanol–water partition coefficient (Wildman–Crippen LogP) is 2.32. The second-order valence-electron chi connectivity index (χ2n) is 6.28. The second-order valence-corrected chi connectivity index (χ2v) is 6.28. The minimum Gasteiger partial charge on any atom is -0.322 e. The van der Waals surface area contributed by atoms with Crippen LogP contribution in [-0.4, -0.2) is 54.5 Å². The Bertz CT molecular complexity index is 508. The van der Waals surface area contributed by atoms with E-state index in [9.17, 15) is 9.18 Å². The molecule has 1 aromatic carbocycles. The molecule has 0 spiro atoms. The lowest BCUT2D eigenvalue weighted by molar-refractivity contribution is -0.117. The van der Waals surface area contributed by atoms with Crippen LogP contribution in [0.25, 0.3) is 0 Å². The number of para-hydroxylation sites is 1. The van der Waals surface area contributed by atoms with Crippen molar-refractivity contribution in [2.45, 2.75) is 31.7 Å². The Labute approximate surface area is 131 Å². The van der Waals surface area contributed by atoms with Gasteiger partial charge >= 0.3 is 0 Å². The van der Waals surface area contributed by atoms with Gasteiger partial charge in [-0.2, -0.15) is 0 Å². The molecular formula is C17H24FN3O. The largest absolute Gasteiger partial charge is 0.322 e. The maximum absolute atomic E-state index is 13.5. The molecule has 0 bridgehead atoms. The summed E-state index contributed by atoms with van der Waals surface area (Å²) in [6.45, 7) is 4.25. The molecule has 1 aliphatic carbocycles. The summed E-state index contributed by atoms with van der Waals surface area (Å²) in [5.41, 5.74) is 0.261. The highest BCUT2D eigenvalue weighted by Gasteiger charge is 2.26. The second kappa shape index (κ2) is 7.20. The lowest BCUT2D eigenvalue weighted by Gasteiger charge is -2.37. The molecule has 120 valence electrons. The fourth-order valence-corrected chi connectivity index (χ4v) is 3.51. The van der Waals surface area contributed by atoms with Gasteiger partial charge in [-0.05, 0) is 25.0 Å². The Kier molecular flexibility index (Phi) is 5.05. The summed E-state index contributed by atoms with van der Waals surface area (Å²) in [4.78, 5) is 16.8. The van der Waals surface area contributed by atoms with E-state index in [1.165, 1.54) is 31.7 Å². The van der Waals surface area contributed by atoms with Crippen molar-refractivity contribution in [2.75, 3.05) is 38.0 Å². The van der Waals surface area contributed by atoms with Gasteiger partial charge in [-0.3, -0.25) is 14.6 Å². The average molecular weight is 305 g/mol. The van der Waals surface area contributed by atoms with E-state index in [2.05, 4.69) is 15.1 Å². The number of amides is 1. The van der Waals surface area contributed by atoms with Gasteiger partial charge in [0.05, 0.1) is 12.2 Å². The fraction of sp³-hybridized carbons (Fsp3) is 0.588. The van der Waals surface area contributed by atoms with Crippen LogP contribution in [0.4, 0.5) is 10.1 Å². The molecule has 1 aliphatic heterocycles. The molecule has 5 heteroatoms. The number of benzene rings is 1. The van der Waals surface area contributed by atoms with E-state index in [0.29, 0.717) is 6.54 Å². The number of nitrogens with one attached hydrogen (secondary N) is 1. The van der Waals surface area contributed by atoms with Gasteiger partial charge in [-0.15, -0.1) is 0 Å². The zero-order valence-electron chi connectivity index (χ0n) is 12.9. The van der Waals surface area contributed by atoms with E-state index in [1.54, 1.807) is 18.2 Å². The van der Waals surface area contributed by atoms with Gasteiger partial charge in [-0.1, -0.05) is 25.0 Å². The summed E-state index contributed by atoms with van der Waals surface area (Å²) in [6, 6.07) is 7.04. The van der Waals surface area contributed by atoms with Crippen LogP contribution in [0.15, 0.2) is 24.3 Å². The number of nitrogens with zero attached hydrogens (tertiary/aromatic N) is 2. The van der Waals surface area contributed by atoms with E-state index in [0.717, 1.165) is 32.2 Å². The third-order valence-electron chi connectivity index (χ3n) is 4.76. The van der Waals surface area contributed by atoms with Crippen molar-refractivity contribution in [3.63, 3.8) is 0 Å². The van der Waals surface area contributed by atoms with Crippen molar-refractivity contribution in [3.05, 3.63) is 30.1 Å². The number of hydrogen-bond acceptors (Lipinski definition) is 3. The van der Waals surface area contributed by atoms with E-state index in [1.807, 2.05) is 0 Å². The van der Waals surface area contributed by atoms with Crippen LogP contribution in [0.5, 0.6) is 0 Å². The lowest BCUT2D eigenvalue weighted by atomic mass is 10.2. The minimum atomic E-state index is -0.387. The molecule has 1 aromatic rings. The molecule has 0 aromatic heterocycles. The maximum Gasteiger partial charge on any atom is 0.238 e. The molecule has 4 nitrogen and oxygen atoms in total. The molecule has 22 heavy (non-hydrogen) atoms. The van der Waals surface area contributed by atoms with Crippen molar-refractivity contribution >= 4 is 11.6 Å². The molecule has 0 atom stereocenters. The zero-order chi connectivity index (χ0) is 15.4. The first kappa shape index (κ1) is 15.4. The highest BCUT2D eigenvalue weighted by molar-refractivity contribution is 5.92. The van der Waals surface area contributed by atoms with Crippen LogP contribution < -0.4 is 5.32 Å². The van der Waals surface area contributed by atoms with Gasteiger partial charge in [0, 0.05) is 32.2 Å². The van der Waals surface area contributed by atoms with E-state index in [4.69, 9.17) is 0 Å². The third-order valence-corrected chi connectivity index (χ3v) is 4.76. The molecule has 2 aliphatic rings. The molecule has 1 heterocycles. The van der Waals surface area contributed by atoms with Crippen LogP contribution in [0.3, 0.4) is 0 Å². The quantitative estimate of drug-likeness (QED) is 0.927. The first-order valence-corrected chi connectivity index (χ1v) is 8.23. The van der Waals surface area contributed by atoms with Gasteiger partial charge in [0.1, 0.15) is 5.82 Å². The number of carbonyl (C=O) groups excluding carboxylic acids is 1. The standard InChI is InChI=1S/C17H24FN3O/c18-15-7-3-4-8-16(15)19-17(22)13-20-9-11-21(12-10-20)14-5-1-2-6-14/h3-4,7-8,14H,1-2,5-6,9-13H2,(H,19,22). The number of anilines is 1. The Morgan fingerprint density at radius 3 is 2.50 bits per heavy atom. The van der Waals surface area contributed by atoms with Gasteiger partial charge in [0.2, 0.25) is 5.91 Å². The smallest absolute Gasteiger partial charge is 0.238 e. The lowest BCUT2D eigenvalue weighted by Crippen LogP contribution is -2.51. The van der Waals surface area contributed by atoms with E-state index < -0.39 is 0 Å². The third kappa shape index (κ3) is 3.84. The van der Waals surface area contributed by atoms with Crippen molar-refractivity contribution < 1.29 is 9.18 Å². The number of piperazine rings is 1. The summed E-state index contributed by atoms with van der Waals surface area (Å²) in [6.07, 6.45) is 5.37. The zero-order valence-corrected chi connectivity index (χ0v) is 12.9. The summed E-state index contributed by atoms with van der Waals surface area (Å²) < 4.78 is 13.5. The molecule has 0 radical (unpaired) electrons. The average Bonchev–Trinajstić information content (AvgIpc) is 3.05. The Morgan fingerprint density at radius 1 is 1.14 bits per heavy atom. The molecule has 3 rings (SSSR count). The Morgan fingerprint density at radius 2 is 1.82 bits per heavy atom. The number of hydrogen-bond donors (Lipinski definition) is 1. The highest BCUT2D eigenvalue weighted by atomic mass is 19.1. The minimum absolute atomic E-state index is 0.139. The van der Waals surface area contributed by atoms with Crippen LogP contribution in [-0.2, 0) is 4.79 Å². The van der Waals surface area contributed by atoms with Crippen LogP contribution in [0, 0.1) is 5.82 Å². The van der Waals surface area contributed by atoms with E-state index >= 15 is 0 Å². The molecule has 1 amide bonds. The molecule has 1 saturated heterocycles. The number of rotatable bonds is 4. The topological polar surface area (TPSA) is 35.6 Å². The van der Waals surface area contributed by atoms with Crippen molar-refractivity contribution in [1.82, 2.24) is 9.80 Å². The summed E-state index contributed by atoms with van der Waals surface area (Å²) >= 11 is 0. The monoisotopic (exact) mass is 305 g/mol. The summed E-state index contributed by atoms with van der Waals surface area (Å²) in [5.74, 6) is -0.527. The van der Waals surface area contributed by atoms with Gasteiger partial charge < -0.3 is 5.32 Å².